The van der Waals surface area contributed by atoms with Crippen LogP contribution in [0, 0.1) is 5.41 Å². The van der Waals surface area contributed by atoms with Crippen LogP contribution in [0.25, 0.3) is 0 Å². The molecule has 3 N–H and O–H groups in total. The third-order valence-corrected chi connectivity index (χ3v) is 4.83. The van der Waals surface area contributed by atoms with Crippen molar-refractivity contribution < 1.29 is 23.8 Å². The van der Waals surface area contributed by atoms with Crippen molar-refractivity contribution in [2.75, 3.05) is 35.3 Å². The number of nitrogen functional groups attached to an aromatic ring is 1. The van der Waals surface area contributed by atoms with Gasteiger partial charge in [-0.05, 0) is 36.4 Å². The van der Waals surface area contributed by atoms with Gasteiger partial charge in [-0.25, -0.2) is 0 Å². The molecule has 1 heterocycles. The number of pyridine rings is 1. The van der Waals surface area contributed by atoms with Crippen molar-refractivity contribution in [2.24, 2.45) is 5.73 Å². The molecular weight excluding hydrogens is 450 g/mol. The zero-order chi connectivity index (χ0) is 25.7. The lowest BCUT2D eigenvalue weighted by Crippen LogP contribution is -2.22. The highest BCUT2D eigenvalue weighted by atomic mass is 16.5. The molecule has 1 aromatic heterocycles. The summed E-state index contributed by atoms with van der Waals surface area (Å²) in [6, 6.07) is 14.4. The molecule has 182 valence electrons. The molecule has 0 saturated heterocycles. The van der Waals surface area contributed by atoms with Crippen LogP contribution in [0.3, 0.4) is 0 Å². The van der Waals surface area contributed by atoms with Crippen LogP contribution in [0.1, 0.15) is 26.3 Å². The van der Waals surface area contributed by atoms with E-state index < -0.39 is 0 Å². The fourth-order valence-electron chi connectivity index (χ4n) is 3.08. The molecule has 0 spiro atoms. The Morgan fingerprint density at radius 1 is 0.800 bits per heavy atom. The van der Waals surface area contributed by atoms with E-state index in [1.54, 1.807) is 70.7 Å². The summed E-state index contributed by atoms with van der Waals surface area (Å²) < 4.78 is 17.2. The number of nitrogens with zero attached hydrogens (tertiary/aromatic N) is 3. The van der Waals surface area contributed by atoms with Crippen LogP contribution in [0.15, 0.2) is 54.6 Å². The van der Waals surface area contributed by atoms with Crippen molar-refractivity contribution in [3.05, 3.63) is 71.3 Å². The molecule has 3 aromatic rings. The number of carbonyl (C=O) groups is 2. The highest BCUT2D eigenvalue weighted by molar-refractivity contribution is 5.96. The van der Waals surface area contributed by atoms with E-state index in [1.807, 2.05) is 0 Å². The van der Waals surface area contributed by atoms with Gasteiger partial charge < -0.3 is 29.7 Å². The van der Waals surface area contributed by atoms with E-state index in [2.05, 4.69) is 4.98 Å². The van der Waals surface area contributed by atoms with Gasteiger partial charge >= 0.3 is 0 Å². The van der Waals surface area contributed by atoms with Gasteiger partial charge in [-0.15, -0.1) is 0 Å². The van der Waals surface area contributed by atoms with E-state index >= 15 is 0 Å². The highest BCUT2D eigenvalue weighted by Gasteiger charge is 2.17. The molecule has 0 aliphatic rings. The van der Waals surface area contributed by atoms with Gasteiger partial charge in [0.15, 0.2) is 11.5 Å². The second kappa shape index (κ2) is 10.6. The number of nitrogens with one attached hydrogen (secondary N) is 1. The highest BCUT2D eigenvalue weighted by Crippen LogP contribution is 2.34. The van der Waals surface area contributed by atoms with Crippen LogP contribution in [0.5, 0.6) is 29.0 Å². The Morgan fingerprint density at radius 3 is 2.03 bits per heavy atom. The third kappa shape index (κ3) is 6.05. The van der Waals surface area contributed by atoms with Crippen LogP contribution in [0.4, 0.5) is 0 Å². The van der Waals surface area contributed by atoms with E-state index in [9.17, 15) is 9.59 Å². The molecule has 0 saturated carbocycles. The lowest BCUT2D eigenvalue weighted by molar-refractivity contribution is 0.0820. The van der Waals surface area contributed by atoms with Crippen LogP contribution >= 0.6 is 0 Å². The van der Waals surface area contributed by atoms with Crippen molar-refractivity contribution in [2.45, 2.75) is 0 Å². The zero-order valence-corrected chi connectivity index (χ0v) is 20.2. The average Bonchev–Trinajstić information content (AvgIpc) is 2.82. The van der Waals surface area contributed by atoms with Crippen molar-refractivity contribution >= 4 is 17.6 Å². The first-order valence-corrected chi connectivity index (χ1v) is 10.5. The number of amidine groups is 1. The van der Waals surface area contributed by atoms with Crippen molar-refractivity contribution in [3.8, 4) is 29.0 Å². The maximum absolute atomic E-state index is 12.7. The van der Waals surface area contributed by atoms with Gasteiger partial charge in [0.1, 0.15) is 11.6 Å². The Bertz CT molecular complexity index is 1270. The Kier molecular flexibility index (Phi) is 7.55. The quantitative estimate of drug-likeness (QED) is 0.376. The van der Waals surface area contributed by atoms with Gasteiger partial charge in [0, 0.05) is 51.5 Å². The maximum atomic E-state index is 12.7. The number of methoxy groups -OCH3 is 1. The number of hydrogen-bond acceptors (Lipinski definition) is 7. The molecular formula is C25H27N5O5. The molecule has 0 radical (unpaired) electrons. The van der Waals surface area contributed by atoms with E-state index in [0.29, 0.717) is 22.6 Å². The van der Waals surface area contributed by atoms with Gasteiger partial charge in [0.25, 0.3) is 11.8 Å². The lowest BCUT2D eigenvalue weighted by Gasteiger charge is -2.15. The molecule has 10 heteroatoms. The number of carbonyl (C=O) groups excluding carboxylic acids is 2. The smallest absolute Gasteiger partial charge is 0.253 e. The van der Waals surface area contributed by atoms with Gasteiger partial charge in [0.2, 0.25) is 11.8 Å². The zero-order valence-electron chi connectivity index (χ0n) is 20.2. The summed E-state index contributed by atoms with van der Waals surface area (Å²) in [6.07, 6.45) is 0. The summed E-state index contributed by atoms with van der Waals surface area (Å²) in [5.74, 6) is 0.547. The molecule has 0 bridgehead atoms. The molecule has 2 aromatic carbocycles. The molecule has 0 unspecified atom stereocenters. The van der Waals surface area contributed by atoms with Crippen LogP contribution in [0.2, 0.25) is 0 Å². The minimum atomic E-state index is -0.289. The van der Waals surface area contributed by atoms with Crippen LogP contribution in [-0.2, 0) is 0 Å². The van der Waals surface area contributed by atoms with E-state index in [1.165, 1.54) is 29.0 Å². The number of aromatic nitrogens is 1. The summed E-state index contributed by atoms with van der Waals surface area (Å²) in [5.41, 5.74) is 6.75. The van der Waals surface area contributed by atoms with E-state index in [-0.39, 0.29) is 40.7 Å². The predicted molar refractivity (Wildman–Crippen MR) is 131 cm³/mol. The average molecular weight is 478 g/mol. The molecule has 2 amide bonds. The molecule has 0 aliphatic carbocycles. The number of hydrogen-bond donors (Lipinski definition) is 2. The second-order valence-electron chi connectivity index (χ2n) is 7.94. The summed E-state index contributed by atoms with van der Waals surface area (Å²) in [5, 5.41) is 7.68. The number of nitrogens with two attached hydrogens (primary N) is 1. The minimum absolute atomic E-state index is 0.0622. The maximum Gasteiger partial charge on any atom is 0.253 e. The van der Waals surface area contributed by atoms with Crippen LogP contribution in [-0.4, -0.2) is 67.7 Å². The normalized spacial score (nSPS) is 10.3. The minimum Gasteiger partial charge on any atom is -0.493 e. The molecule has 10 nitrogen and oxygen atoms in total. The molecule has 35 heavy (non-hydrogen) atoms. The fourth-order valence-corrected chi connectivity index (χ4v) is 3.08. The fraction of sp³-hybridized carbons (Fsp3) is 0.200. The van der Waals surface area contributed by atoms with Gasteiger partial charge in [-0.3, -0.25) is 15.0 Å². The predicted octanol–water partition coefficient (Wildman–Crippen LogP) is 3.36. The summed E-state index contributed by atoms with van der Waals surface area (Å²) in [6.45, 7) is 0. The first-order chi connectivity index (χ1) is 16.6. The largest absolute Gasteiger partial charge is 0.493 e. The molecule has 0 fully saturated rings. The first kappa shape index (κ1) is 25.0. The monoisotopic (exact) mass is 477 g/mol. The van der Waals surface area contributed by atoms with Crippen molar-refractivity contribution in [1.29, 1.82) is 5.41 Å². The number of ether oxygens (including phenoxy) is 3. The Morgan fingerprint density at radius 2 is 1.43 bits per heavy atom. The SMILES string of the molecule is COc1ccc(C(=N)N)cc1Oc1cc(C(=O)N(C)C)cc(Oc2cccc(C(=O)N(C)C)c2)n1. The Balaban J connectivity index is 2.02. The van der Waals surface area contributed by atoms with Gasteiger partial charge in [-0.2, -0.15) is 4.98 Å². The summed E-state index contributed by atoms with van der Waals surface area (Å²) in [4.78, 5) is 32.3. The second-order valence-corrected chi connectivity index (χ2v) is 7.94. The first-order valence-electron chi connectivity index (χ1n) is 10.5. The standard InChI is InChI=1S/C25H27N5O5/c1-29(2)24(31)16-7-6-8-18(11-16)34-21-13-17(25(32)30(3)4)14-22(28-21)35-20-12-15(23(26)27)9-10-19(20)33-5/h6-14H,1-5H3,(H3,26,27). The molecule has 3 rings (SSSR count). The third-order valence-electron chi connectivity index (χ3n) is 4.83. The number of amides is 2. The van der Waals surface area contributed by atoms with E-state index in [4.69, 9.17) is 25.4 Å². The van der Waals surface area contributed by atoms with Gasteiger partial charge in [0.05, 0.1) is 12.7 Å². The summed E-state index contributed by atoms with van der Waals surface area (Å²) >= 11 is 0. The van der Waals surface area contributed by atoms with Gasteiger partial charge in [-0.1, -0.05) is 6.07 Å². The Labute approximate surface area is 203 Å². The topological polar surface area (TPSA) is 131 Å². The number of rotatable bonds is 8. The molecule has 0 aliphatic heterocycles. The van der Waals surface area contributed by atoms with Crippen molar-refractivity contribution in [1.82, 2.24) is 14.8 Å². The summed E-state index contributed by atoms with van der Waals surface area (Å²) in [7, 11) is 8.05. The Hall–Kier alpha value is -4.60. The van der Waals surface area contributed by atoms with E-state index in [0.717, 1.165) is 0 Å². The molecule has 0 atom stereocenters. The van der Waals surface area contributed by atoms with Crippen molar-refractivity contribution in [3.63, 3.8) is 0 Å². The van der Waals surface area contributed by atoms with Crippen LogP contribution < -0.4 is 19.9 Å². The number of benzene rings is 2. The lowest BCUT2D eigenvalue weighted by atomic mass is 10.2.